The van der Waals surface area contributed by atoms with Crippen LogP contribution in [0.3, 0.4) is 0 Å². The predicted molar refractivity (Wildman–Crippen MR) is 108 cm³/mol. The van der Waals surface area contributed by atoms with Crippen LogP contribution in [0.5, 0.6) is 0 Å². The molecule has 26 heavy (non-hydrogen) atoms. The summed E-state index contributed by atoms with van der Waals surface area (Å²) >= 11 is 5.21. The Morgan fingerprint density at radius 1 is 1.15 bits per heavy atom. The van der Waals surface area contributed by atoms with Crippen molar-refractivity contribution in [3.05, 3.63) is 50.6 Å². The van der Waals surface area contributed by atoms with Gasteiger partial charge < -0.3 is 15.0 Å². The van der Waals surface area contributed by atoms with Crippen molar-refractivity contribution in [1.82, 2.24) is 9.80 Å². The first-order chi connectivity index (χ1) is 12.7. The van der Waals surface area contributed by atoms with Gasteiger partial charge in [-0.2, -0.15) is 0 Å². The molecule has 1 amide bonds. The van der Waals surface area contributed by atoms with Gasteiger partial charge in [0.05, 0.1) is 22.6 Å². The Bertz CT molecular complexity index is 776. The fourth-order valence-electron chi connectivity index (χ4n) is 3.51. The number of rotatable bonds is 5. The third kappa shape index (κ3) is 3.81. The maximum atomic E-state index is 13.1. The summed E-state index contributed by atoms with van der Waals surface area (Å²) in [5, 5.41) is 3.56. The topological polar surface area (TPSA) is 44.8 Å². The third-order valence-electron chi connectivity index (χ3n) is 4.86. The highest BCUT2D eigenvalue weighted by molar-refractivity contribution is 9.11. The zero-order valence-electron chi connectivity index (χ0n) is 14.5. The van der Waals surface area contributed by atoms with Crippen LogP contribution in [-0.2, 0) is 4.74 Å². The highest BCUT2D eigenvalue weighted by atomic mass is 79.9. The molecule has 138 valence electrons. The summed E-state index contributed by atoms with van der Waals surface area (Å²) in [5.74, 6) is 0.107. The summed E-state index contributed by atoms with van der Waals surface area (Å²) in [6, 6.07) is 11.9. The highest BCUT2D eigenvalue weighted by Crippen LogP contribution is 2.37. The van der Waals surface area contributed by atoms with Gasteiger partial charge >= 0.3 is 0 Å². The molecule has 1 aromatic heterocycles. The largest absolute Gasteiger partial charge is 0.379 e. The summed E-state index contributed by atoms with van der Waals surface area (Å²) in [5.41, 5.74) is 1.67. The summed E-state index contributed by atoms with van der Waals surface area (Å²) in [6.45, 7) is 5.31. The molecule has 0 radical (unpaired) electrons. The van der Waals surface area contributed by atoms with Crippen LogP contribution in [-0.4, -0.2) is 55.1 Å². The quantitative estimate of drug-likeness (QED) is 0.775. The molecule has 1 aromatic carbocycles. The molecule has 0 saturated carbocycles. The molecule has 0 aliphatic carbocycles. The molecule has 4 rings (SSSR count). The van der Waals surface area contributed by atoms with Crippen LogP contribution >= 0.6 is 27.3 Å². The minimum Gasteiger partial charge on any atom is -0.379 e. The first-order valence-corrected chi connectivity index (χ1v) is 10.6. The van der Waals surface area contributed by atoms with E-state index in [4.69, 9.17) is 4.74 Å². The molecule has 1 N–H and O–H groups in total. The van der Waals surface area contributed by atoms with E-state index < -0.39 is 0 Å². The Morgan fingerprint density at radius 3 is 2.73 bits per heavy atom. The van der Waals surface area contributed by atoms with Crippen molar-refractivity contribution in [2.45, 2.75) is 12.6 Å². The van der Waals surface area contributed by atoms with Crippen LogP contribution in [0.25, 0.3) is 0 Å². The van der Waals surface area contributed by atoms with Gasteiger partial charge in [0.1, 0.15) is 6.17 Å². The third-order valence-corrected chi connectivity index (χ3v) is 6.54. The Kier molecular flexibility index (Phi) is 5.59. The van der Waals surface area contributed by atoms with E-state index in [0.29, 0.717) is 0 Å². The molecule has 7 heteroatoms. The number of fused-ring (bicyclic) bond motifs is 1. The smallest absolute Gasteiger partial charge is 0.257 e. The molecule has 5 nitrogen and oxygen atoms in total. The summed E-state index contributed by atoms with van der Waals surface area (Å²) in [4.78, 5) is 18.7. The second-order valence-corrected chi connectivity index (χ2v) is 9.04. The molecule has 2 aliphatic heterocycles. The maximum Gasteiger partial charge on any atom is 0.257 e. The first-order valence-electron chi connectivity index (χ1n) is 8.94. The summed E-state index contributed by atoms with van der Waals surface area (Å²) < 4.78 is 6.49. The van der Waals surface area contributed by atoms with Gasteiger partial charge in [-0.15, -0.1) is 11.3 Å². The predicted octanol–water partition coefficient (Wildman–Crippen LogP) is 3.80. The van der Waals surface area contributed by atoms with E-state index in [1.54, 1.807) is 11.3 Å². The number of ether oxygens (including phenoxy) is 1. The standard InChI is InChI=1S/C19H22BrN3O2S/c20-17-7-6-16(26-17)18-21-15-5-2-1-4-14(15)19(24)23(18)9-3-8-22-10-12-25-13-11-22/h1-2,4-7,18,21H,3,8-13H2/t18-/m0/s1. The number of carbonyl (C=O) groups is 1. The molecular formula is C19H22BrN3O2S. The van der Waals surface area contributed by atoms with Crippen LogP contribution < -0.4 is 5.32 Å². The number of nitrogens with zero attached hydrogens (tertiary/aromatic N) is 2. The van der Waals surface area contributed by atoms with Crippen molar-refractivity contribution in [3.63, 3.8) is 0 Å². The SMILES string of the molecule is O=C1c2ccccc2N[C@H](c2ccc(Br)s2)N1CCCN1CCOCC1. The highest BCUT2D eigenvalue weighted by Gasteiger charge is 2.33. The minimum absolute atomic E-state index is 0.107. The van der Waals surface area contributed by atoms with Crippen molar-refractivity contribution >= 4 is 38.9 Å². The molecule has 1 atom stereocenters. The molecule has 0 bridgehead atoms. The summed E-state index contributed by atoms with van der Waals surface area (Å²) in [6.07, 6.45) is 0.844. The molecule has 3 heterocycles. The Labute approximate surface area is 166 Å². The number of halogens is 1. The lowest BCUT2D eigenvalue weighted by Gasteiger charge is -2.38. The van der Waals surface area contributed by atoms with Crippen LogP contribution in [0, 0.1) is 0 Å². The van der Waals surface area contributed by atoms with E-state index in [9.17, 15) is 4.79 Å². The second kappa shape index (κ2) is 8.08. The van der Waals surface area contributed by atoms with E-state index in [1.165, 1.54) is 0 Å². The molecule has 1 saturated heterocycles. The Hall–Kier alpha value is -1.41. The van der Waals surface area contributed by atoms with Gasteiger partial charge in [0.2, 0.25) is 0 Å². The number of para-hydroxylation sites is 1. The van der Waals surface area contributed by atoms with Gasteiger partial charge in [0, 0.05) is 36.7 Å². The molecule has 0 unspecified atom stereocenters. The van der Waals surface area contributed by atoms with Gasteiger partial charge in [0.15, 0.2) is 0 Å². The van der Waals surface area contributed by atoms with Gasteiger partial charge in [-0.3, -0.25) is 9.69 Å². The van der Waals surface area contributed by atoms with Crippen molar-refractivity contribution < 1.29 is 9.53 Å². The Balaban J connectivity index is 1.51. The lowest BCUT2D eigenvalue weighted by atomic mass is 10.1. The number of hydrogen-bond acceptors (Lipinski definition) is 5. The molecular weight excluding hydrogens is 414 g/mol. The number of nitrogens with one attached hydrogen (secondary N) is 1. The van der Waals surface area contributed by atoms with E-state index in [0.717, 1.165) is 65.7 Å². The van der Waals surface area contributed by atoms with E-state index in [-0.39, 0.29) is 12.1 Å². The number of thiophene rings is 1. The average molecular weight is 436 g/mol. The number of carbonyl (C=O) groups excluding carboxylic acids is 1. The minimum atomic E-state index is -0.113. The second-order valence-electron chi connectivity index (χ2n) is 6.54. The zero-order chi connectivity index (χ0) is 17.9. The van der Waals surface area contributed by atoms with Gasteiger partial charge in [0.25, 0.3) is 5.91 Å². The lowest BCUT2D eigenvalue weighted by Crippen LogP contribution is -2.44. The number of morpholine rings is 1. The van der Waals surface area contributed by atoms with Crippen molar-refractivity contribution in [2.24, 2.45) is 0 Å². The van der Waals surface area contributed by atoms with Gasteiger partial charge in [-0.05, 0) is 46.6 Å². The number of anilines is 1. The number of hydrogen-bond donors (Lipinski definition) is 1. The maximum absolute atomic E-state index is 13.1. The van der Waals surface area contributed by atoms with E-state index in [1.807, 2.05) is 35.2 Å². The molecule has 2 aromatic rings. The molecule has 1 fully saturated rings. The molecule has 2 aliphatic rings. The fourth-order valence-corrected chi connectivity index (χ4v) is 5.00. The number of benzene rings is 1. The van der Waals surface area contributed by atoms with E-state index >= 15 is 0 Å². The van der Waals surface area contributed by atoms with Crippen LogP contribution in [0.2, 0.25) is 0 Å². The lowest BCUT2D eigenvalue weighted by molar-refractivity contribution is 0.0348. The van der Waals surface area contributed by atoms with Gasteiger partial charge in [-0.1, -0.05) is 12.1 Å². The summed E-state index contributed by atoms with van der Waals surface area (Å²) in [7, 11) is 0. The van der Waals surface area contributed by atoms with Crippen molar-refractivity contribution in [3.8, 4) is 0 Å². The van der Waals surface area contributed by atoms with Crippen molar-refractivity contribution in [2.75, 3.05) is 44.7 Å². The fraction of sp³-hybridized carbons (Fsp3) is 0.421. The number of amides is 1. The van der Waals surface area contributed by atoms with Gasteiger partial charge in [-0.25, -0.2) is 0 Å². The monoisotopic (exact) mass is 435 g/mol. The normalized spacial score (nSPS) is 20.7. The van der Waals surface area contributed by atoms with Crippen LogP contribution in [0.1, 0.15) is 27.8 Å². The zero-order valence-corrected chi connectivity index (χ0v) is 16.9. The van der Waals surface area contributed by atoms with Crippen LogP contribution in [0.4, 0.5) is 5.69 Å². The molecule has 0 spiro atoms. The Morgan fingerprint density at radius 2 is 1.96 bits per heavy atom. The first kappa shape index (κ1) is 18.0. The average Bonchev–Trinajstić information content (AvgIpc) is 3.10. The van der Waals surface area contributed by atoms with Crippen LogP contribution in [0.15, 0.2) is 40.2 Å². The van der Waals surface area contributed by atoms with E-state index in [2.05, 4.69) is 32.2 Å². The van der Waals surface area contributed by atoms with Crippen molar-refractivity contribution in [1.29, 1.82) is 0 Å².